The molecule has 0 radical (unpaired) electrons. The van der Waals surface area contributed by atoms with Gasteiger partial charge in [0.2, 0.25) is 5.91 Å². The highest BCUT2D eigenvalue weighted by atomic mass is 35.5. The second-order valence-corrected chi connectivity index (χ2v) is 6.55. The van der Waals surface area contributed by atoms with Gasteiger partial charge < -0.3 is 5.32 Å². The Bertz CT molecular complexity index is 440. The summed E-state index contributed by atoms with van der Waals surface area (Å²) in [6.07, 6.45) is 6.87. The molecule has 1 saturated carbocycles. The van der Waals surface area contributed by atoms with E-state index in [-0.39, 0.29) is 17.2 Å². The summed E-state index contributed by atoms with van der Waals surface area (Å²) in [4.78, 5) is 12.5. The van der Waals surface area contributed by atoms with Crippen LogP contribution < -0.4 is 5.32 Å². The highest BCUT2D eigenvalue weighted by molar-refractivity contribution is 6.18. The standard InChI is InChI=1S/C18H26ClNO/c1-2-16(15-9-5-3-6-10-15)17(21)20-14-18(13-19)11-7-4-8-12-18/h3,5-6,9-10,16H,2,4,7-8,11-14H2,1H3,(H,20,21). The summed E-state index contributed by atoms with van der Waals surface area (Å²) < 4.78 is 0. The first-order valence-corrected chi connectivity index (χ1v) is 8.63. The van der Waals surface area contributed by atoms with E-state index in [4.69, 9.17) is 11.6 Å². The van der Waals surface area contributed by atoms with Crippen LogP contribution in [-0.2, 0) is 4.79 Å². The minimum Gasteiger partial charge on any atom is -0.355 e. The minimum absolute atomic E-state index is 0.0535. The van der Waals surface area contributed by atoms with Crippen molar-refractivity contribution >= 4 is 17.5 Å². The average molecular weight is 308 g/mol. The SMILES string of the molecule is CCC(C(=O)NCC1(CCl)CCCCC1)c1ccccc1. The number of hydrogen-bond acceptors (Lipinski definition) is 1. The molecule has 0 spiro atoms. The molecule has 1 aromatic rings. The third kappa shape index (κ3) is 4.23. The van der Waals surface area contributed by atoms with Crippen LogP contribution in [0, 0.1) is 5.41 Å². The van der Waals surface area contributed by atoms with Gasteiger partial charge in [0.05, 0.1) is 5.92 Å². The summed E-state index contributed by atoms with van der Waals surface area (Å²) in [5.41, 5.74) is 1.21. The van der Waals surface area contributed by atoms with Gasteiger partial charge >= 0.3 is 0 Å². The molecule has 1 N–H and O–H groups in total. The van der Waals surface area contributed by atoms with Gasteiger partial charge in [0.15, 0.2) is 0 Å². The number of rotatable bonds is 6. The normalized spacial score (nSPS) is 19.0. The number of carbonyl (C=O) groups is 1. The van der Waals surface area contributed by atoms with Crippen LogP contribution in [0.5, 0.6) is 0 Å². The number of hydrogen-bond donors (Lipinski definition) is 1. The Morgan fingerprint density at radius 2 is 1.90 bits per heavy atom. The fraction of sp³-hybridized carbons (Fsp3) is 0.611. The highest BCUT2D eigenvalue weighted by Crippen LogP contribution is 2.37. The molecular formula is C18H26ClNO. The van der Waals surface area contributed by atoms with Crippen molar-refractivity contribution in [3.63, 3.8) is 0 Å². The lowest BCUT2D eigenvalue weighted by Crippen LogP contribution is -2.41. The van der Waals surface area contributed by atoms with Crippen molar-refractivity contribution in [1.29, 1.82) is 0 Å². The number of amides is 1. The number of benzene rings is 1. The van der Waals surface area contributed by atoms with Crippen LogP contribution in [0.1, 0.15) is 56.9 Å². The predicted molar refractivity (Wildman–Crippen MR) is 88.7 cm³/mol. The molecule has 1 aliphatic rings. The van der Waals surface area contributed by atoms with Gasteiger partial charge in [0.1, 0.15) is 0 Å². The predicted octanol–water partition coefficient (Wildman–Crippen LogP) is 4.49. The Balaban J connectivity index is 1.96. The third-order valence-electron chi connectivity index (χ3n) is 4.76. The summed E-state index contributed by atoms with van der Waals surface area (Å²) in [6, 6.07) is 10.0. The van der Waals surface area contributed by atoms with Crippen LogP contribution in [0.3, 0.4) is 0 Å². The molecule has 2 rings (SSSR count). The van der Waals surface area contributed by atoms with Gasteiger partial charge in [-0.3, -0.25) is 4.79 Å². The number of carbonyl (C=O) groups excluding carboxylic acids is 1. The van der Waals surface area contributed by atoms with Crippen LogP contribution in [0.25, 0.3) is 0 Å². The second kappa shape index (κ2) is 7.84. The number of nitrogens with one attached hydrogen (secondary N) is 1. The van der Waals surface area contributed by atoms with Gasteiger partial charge in [0.25, 0.3) is 0 Å². The van der Waals surface area contributed by atoms with Crippen molar-refractivity contribution in [1.82, 2.24) is 5.32 Å². The molecule has 1 fully saturated rings. The molecule has 0 aliphatic heterocycles. The number of halogens is 1. The molecule has 0 aromatic heterocycles. The van der Waals surface area contributed by atoms with Gasteiger partial charge in [-0.2, -0.15) is 0 Å². The quantitative estimate of drug-likeness (QED) is 0.771. The first-order valence-electron chi connectivity index (χ1n) is 8.09. The second-order valence-electron chi connectivity index (χ2n) is 6.28. The van der Waals surface area contributed by atoms with E-state index in [1.165, 1.54) is 19.3 Å². The molecule has 1 aromatic carbocycles. The average Bonchev–Trinajstić information content (AvgIpc) is 2.55. The molecule has 0 bridgehead atoms. The first kappa shape index (κ1) is 16.4. The van der Waals surface area contributed by atoms with Crippen molar-refractivity contribution in [3.8, 4) is 0 Å². The van der Waals surface area contributed by atoms with E-state index in [0.717, 1.165) is 31.4 Å². The summed E-state index contributed by atoms with van der Waals surface area (Å²) in [7, 11) is 0. The van der Waals surface area contributed by atoms with E-state index < -0.39 is 0 Å². The zero-order valence-corrected chi connectivity index (χ0v) is 13.7. The lowest BCUT2D eigenvalue weighted by atomic mass is 9.75. The molecular weight excluding hydrogens is 282 g/mol. The third-order valence-corrected chi connectivity index (χ3v) is 5.33. The fourth-order valence-electron chi connectivity index (χ4n) is 3.32. The lowest BCUT2D eigenvalue weighted by Gasteiger charge is -2.36. The summed E-state index contributed by atoms with van der Waals surface area (Å²) in [5.74, 6) is 0.732. The summed E-state index contributed by atoms with van der Waals surface area (Å²) in [5, 5.41) is 3.17. The van der Waals surface area contributed by atoms with E-state index in [0.29, 0.717) is 5.88 Å². The summed E-state index contributed by atoms with van der Waals surface area (Å²) >= 11 is 6.20. The molecule has 2 nitrogen and oxygen atoms in total. The molecule has 1 aliphatic carbocycles. The zero-order chi connectivity index (χ0) is 15.1. The molecule has 3 heteroatoms. The smallest absolute Gasteiger partial charge is 0.227 e. The van der Waals surface area contributed by atoms with E-state index in [9.17, 15) is 4.79 Å². The number of alkyl halides is 1. The molecule has 0 heterocycles. The summed E-state index contributed by atoms with van der Waals surface area (Å²) in [6.45, 7) is 2.79. The maximum absolute atomic E-state index is 12.5. The maximum atomic E-state index is 12.5. The fourth-order valence-corrected chi connectivity index (χ4v) is 3.68. The molecule has 116 valence electrons. The highest BCUT2D eigenvalue weighted by Gasteiger charge is 2.32. The largest absolute Gasteiger partial charge is 0.355 e. The minimum atomic E-state index is -0.0535. The Labute approximate surface area is 133 Å². The Hall–Kier alpha value is -1.02. The van der Waals surface area contributed by atoms with Crippen LogP contribution in [0.15, 0.2) is 30.3 Å². The van der Waals surface area contributed by atoms with Crippen LogP contribution in [0.4, 0.5) is 0 Å². The van der Waals surface area contributed by atoms with Crippen molar-refractivity contribution in [2.45, 2.75) is 51.4 Å². The van der Waals surface area contributed by atoms with Gasteiger partial charge in [-0.15, -0.1) is 11.6 Å². The Kier molecular flexibility index (Phi) is 6.10. The van der Waals surface area contributed by atoms with Crippen molar-refractivity contribution < 1.29 is 4.79 Å². The van der Waals surface area contributed by atoms with Crippen molar-refractivity contribution in [2.24, 2.45) is 5.41 Å². The topological polar surface area (TPSA) is 29.1 Å². The van der Waals surface area contributed by atoms with E-state index in [1.807, 2.05) is 30.3 Å². The van der Waals surface area contributed by atoms with Gasteiger partial charge in [-0.05, 0) is 24.8 Å². The molecule has 21 heavy (non-hydrogen) atoms. The first-order chi connectivity index (χ1) is 10.2. The van der Waals surface area contributed by atoms with Crippen LogP contribution >= 0.6 is 11.6 Å². The molecule has 1 unspecified atom stereocenters. The van der Waals surface area contributed by atoms with Crippen LogP contribution in [-0.4, -0.2) is 18.3 Å². The van der Waals surface area contributed by atoms with Gasteiger partial charge in [-0.1, -0.05) is 56.5 Å². The zero-order valence-electron chi connectivity index (χ0n) is 12.9. The lowest BCUT2D eigenvalue weighted by molar-refractivity contribution is -0.123. The monoisotopic (exact) mass is 307 g/mol. The van der Waals surface area contributed by atoms with E-state index >= 15 is 0 Å². The van der Waals surface area contributed by atoms with Crippen LogP contribution in [0.2, 0.25) is 0 Å². The molecule has 0 saturated heterocycles. The van der Waals surface area contributed by atoms with Gasteiger partial charge in [0, 0.05) is 17.8 Å². The van der Waals surface area contributed by atoms with E-state index in [1.54, 1.807) is 0 Å². The Morgan fingerprint density at radius 3 is 2.48 bits per heavy atom. The Morgan fingerprint density at radius 1 is 1.24 bits per heavy atom. The molecule has 1 atom stereocenters. The van der Waals surface area contributed by atoms with Crippen molar-refractivity contribution in [2.75, 3.05) is 12.4 Å². The van der Waals surface area contributed by atoms with Gasteiger partial charge in [-0.25, -0.2) is 0 Å². The van der Waals surface area contributed by atoms with E-state index in [2.05, 4.69) is 12.2 Å². The van der Waals surface area contributed by atoms with Crippen molar-refractivity contribution in [3.05, 3.63) is 35.9 Å². The molecule has 1 amide bonds. The maximum Gasteiger partial charge on any atom is 0.227 e.